The van der Waals surface area contributed by atoms with Gasteiger partial charge in [-0.1, -0.05) is 26.0 Å². The maximum Gasteiger partial charge on any atom is 0.254 e. The van der Waals surface area contributed by atoms with Gasteiger partial charge < -0.3 is 4.90 Å². The maximum absolute atomic E-state index is 12.8. The largest absolute Gasteiger partial charge is 0.338 e. The lowest BCUT2D eigenvalue weighted by molar-refractivity contribution is 0.0640. The average Bonchev–Trinajstić information content (AvgIpc) is 2.88. The summed E-state index contributed by atoms with van der Waals surface area (Å²) in [4.78, 5) is 26.7. The summed E-state index contributed by atoms with van der Waals surface area (Å²) in [7, 11) is 0. The van der Waals surface area contributed by atoms with Crippen LogP contribution in [-0.4, -0.2) is 29.7 Å². The smallest absolute Gasteiger partial charge is 0.254 e. The molecule has 1 aliphatic heterocycles. The van der Waals surface area contributed by atoms with E-state index in [-0.39, 0.29) is 11.7 Å². The predicted molar refractivity (Wildman–Crippen MR) is 82.6 cm³/mol. The second kappa shape index (κ2) is 5.63. The van der Waals surface area contributed by atoms with Crippen molar-refractivity contribution in [2.75, 3.05) is 13.1 Å². The second-order valence-electron chi connectivity index (χ2n) is 6.65. The van der Waals surface area contributed by atoms with Crippen molar-refractivity contribution in [3.63, 3.8) is 0 Å². The van der Waals surface area contributed by atoms with Crippen LogP contribution in [0.3, 0.4) is 0 Å². The Balaban J connectivity index is 1.85. The molecule has 1 aliphatic carbocycles. The Kier molecular flexibility index (Phi) is 3.83. The molecule has 1 saturated heterocycles. The lowest BCUT2D eigenvalue weighted by Crippen LogP contribution is -2.41. The minimum atomic E-state index is 0.118. The van der Waals surface area contributed by atoms with Crippen LogP contribution in [0.25, 0.3) is 0 Å². The lowest BCUT2D eigenvalue weighted by Gasteiger charge is -2.35. The Morgan fingerprint density at radius 2 is 2.10 bits per heavy atom. The van der Waals surface area contributed by atoms with Crippen molar-refractivity contribution in [1.29, 1.82) is 0 Å². The molecule has 112 valence electrons. The standard InChI is InChI=1S/C18H23NO2/c1-12(2)13-5-4-10-19(11-13)18(21)16-7-3-6-15-14(16)8-9-17(15)20/h3,6-7,12-13H,4-5,8-11H2,1-2H3/t13-/m1/s1. The van der Waals surface area contributed by atoms with Crippen molar-refractivity contribution in [3.8, 4) is 0 Å². The number of fused-ring (bicyclic) bond motifs is 1. The molecule has 0 aromatic heterocycles. The average molecular weight is 285 g/mol. The van der Waals surface area contributed by atoms with Gasteiger partial charge in [-0.05, 0) is 42.7 Å². The van der Waals surface area contributed by atoms with Crippen LogP contribution in [0.4, 0.5) is 0 Å². The van der Waals surface area contributed by atoms with Crippen LogP contribution in [0.15, 0.2) is 18.2 Å². The third-order valence-corrected chi connectivity index (χ3v) is 5.00. The van der Waals surface area contributed by atoms with E-state index in [0.29, 0.717) is 18.3 Å². The molecule has 0 bridgehead atoms. The number of carbonyl (C=O) groups is 2. The number of likely N-dealkylation sites (tertiary alicyclic amines) is 1. The van der Waals surface area contributed by atoms with E-state index in [1.54, 1.807) is 0 Å². The third-order valence-electron chi connectivity index (χ3n) is 5.00. The van der Waals surface area contributed by atoms with Gasteiger partial charge in [0, 0.05) is 30.6 Å². The van der Waals surface area contributed by atoms with Crippen LogP contribution in [0.1, 0.15) is 59.4 Å². The van der Waals surface area contributed by atoms with Crippen molar-refractivity contribution >= 4 is 11.7 Å². The summed E-state index contributed by atoms with van der Waals surface area (Å²) in [6, 6.07) is 5.59. The molecule has 3 nitrogen and oxygen atoms in total. The van der Waals surface area contributed by atoms with Crippen LogP contribution < -0.4 is 0 Å². The zero-order chi connectivity index (χ0) is 15.0. The topological polar surface area (TPSA) is 37.4 Å². The van der Waals surface area contributed by atoms with Crippen molar-refractivity contribution in [3.05, 3.63) is 34.9 Å². The second-order valence-corrected chi connectivity index (χ2v) is 6.65. The van der Waals surface area contributed by atoms with Gasteiger partial charge in [0.15, 0.2) is 5.78 Å². The molecule has 0 N–H and O–H groups in total. The summed E-state index contributed by atoms with van der Waals surface area (Å²) in [6.07, 6.45) is 3.57. The fourth-order valence-corrected chi connectivity index (χ4v) is 3.60. The number of ketones is 1. The van der Waals surface area contributed by atoms with E-state index in [4.69, 9.17) is 0 Å². The maximum atomic E-state index is 12.8. The molecule has 21 heavy (non-hydrogen) atoms. The van der Waals surface area contributed by atoms with E-state index in [1.807, 2.05) is 23.1 Å². The molecule has 3 heteroatoms. The van der Waals surface area contributed by atoms with Gasteiger partial charge >= 0.3 is 0 Å². The van der Waals surface area contributed by atoms with Gasteiger partial charge in [-0.2, -0.15) is 0 Å². The molecule has 1 heterocycles. The third kappa shape index (κ3) is 2.61. The molecule has 2 aliphatic rings. The summed E-state index contributed by atoms with van der Waals surface area (Å²) in [5, 5.41) is 0. The summed E-state index contributed by atoms with van der Waals surface area (Å²) < 4.78 is 0. The van der Waals surface area contributed by atoms with Gasteiger partial charge in [-0.15, -0.1) is 0 Å². The summed E-state index contributed by atoms with van der Waals surface area (Å²) in [5.41, 5.74) is 2.49. The molecule has 1 fully saturated rings. The number of hydrogen-bond acceptors (Lipinski definition) is 2. The predicted octanol–water partition coefficient (Wildman–Crippen LogP) is 3.32. The molecule has 0 saturated carbocycles. The normalized spacial score (nSPS) is 21.8. The number of Topliss-reactive ketones (excluding diaryl/α,β-unsaturated/α-hetero) is 1. The molecule has 0 unspecified atom stereocenters. The number of piperidine rings is 1. The Hall–Kier alpha value is -1.64. The highest BCUT2D eigenvalue weighted by Gasteiger charge is 2.30. The number of carbonyl (C=O) groups excluding carboxylic acids is 2. The Morgan fingerprint density at radius 1 is 1.29 bits per heavy atom. The van der Waals surface area contributed by atoms with Crippen LogP contribution in [0.5, 0.6) is 0 Å². The molecular weight excluding hydrogens is 262 g/mol. The fourth-order valence-electron chi connectivity index (χ4n) is 3.60. The van der Waals surface area contributed by atoms with E-state index in [9.17, 15) is 9.59 Å². The first kappa shape index (κ1) is 14.3. The van der Waals surface area contributed by atoms with Gasteiger partial charge in [0.05, 0.1) is 0 Å². The van der Waals surface area contributed by atoms with E-state index in [0.717, 1.165) is 42.6 Å². The Labute approximate surface area is 126 Å². The first-order chi connectivity index (χ1) is 10.1. The lowest BCUT2D eigenvalue weighted by atomic mass is 9.87. The zero-order valence-corrected chi connectivity index (χ0v) is 12.9. The van der Waals surface area contributed by atoms with E-state index in [2.05, 4.69) is 13.8 Å². The van der Waals surface area contributed by atoms with Gasteiger partial charge in [0.2, 0.25) is 0 Å². The SMILES string of the molecule is CC(C)[C@@H]1CCCN(C(=O)c2cccc3c2CCC3=O)C1. The summed E-state index contributed by atoms with van der Waals surface area (Å²) in [6.45, 7) is 6.17. The molecule has 1 aromatic carbocycles. The molecule has 3 rings (SSSR count). The van der Waals surface area contributed by atoms with Gasteiger partial charge in [0.1, 0.15) is 0 Å². The number of hydrogen-bond donors (Lipinski definition) is 0. The quantitative estimate of drug-likeness (QED) is 0.836. The number of rotatable bonds is 2. The fraction of sp³-hybridized carbons (Fsp3) is 0.556. The van der Waals surface area contributed by atoms with Crippen LogP contribution in [0, 0.1) is 11.8 Å². The highest BCUT2D eigenvalue weighted by atomic mass is 16.2. The number of nitrogens with zero attached hydrogens (tertiary/aromatic N) is 1. The van der Waals surface area contributed by atoms with E-state index >= 15 is 0 Å². The van der Waals surface area contributed by atoms with E-state index in [1.165, 1.54) is 6.42 Å². The number of benzene rings is 1. The highest BCUT2D eigenvalue weighted by Crippen LogP contribution is 2.29. The minimum absolute atomic E-state index is 0.118. The summed E-state index contributed by atoms with van der Waals surface area (Å²) >= 11 is 0. The van der Waals surface area contributed by atoms with Crippen molar-refractivity contribution in [2.24, 2.45) is 11.8 Å². The van der Waals surface area contributed by atoms with Crippen molar-refractivity contribution in [2.45, 2.75) is 39.5 Å². The molecular formula is C18H23NO2. The Morgan fingerprint density at radius 3 is 2.86 bits per heavy atom. The first-order valence-electron chi connectivity index (χ1n) is 8.02. The molecule has 1 atom stereocenters. The zero-order valence-electron chi connectivity index (χ0n) is 12.9. The van der Waals surface area contributed by atoms with Gasteiger partial charge in [-0.25, -0.2) is 0 Å². The molecule has 0 spiro atoms. The highest BCUT2D eigenvalue weighted by molar-refractivity contribution is 6.05. The van der Waals surface area contributed by atoms with Crippen molar-refractivity contribution in [1.82, 2.24) is 4.90 Å². The molecule has 1 amide bonds. The minimum Gasteiger partial charge on any atom is -0.338 e. The van der Waals surface area contributed by atoms with Gasteiger partial charge in [-0.3, -0.25) is 9.59 Å². The van der Waals surface area contributed by atoms with E-state index < -0.39 is 0 Å². The van der Waals surface area contributed by atoms with Crippen LogP contribution >= 0.6 is 0 Å². The van der Waals surface area contributed by atoms with Crippen LogP contribution in [-0.2, 0) is 6.42 Å². The summed E-state index contributed by atoms with van der Waals surface area (Å²) in [5.74, 6) is 1.51. The van der Waals surface area contributed by atoms with Crippen LogP contribution in [0.2, 0.25) is 0 Å². The molecule has 0 radical (unpaired) electrons. The Bertz CT molecular complexity index is 577. The van der Waals surface area contributed by atoms with Gasteiger partial charge in [0.25, 0.3) is 5.91 Å². The first-order valence-corrected chi connectivity index (χ1v) is 8.02. The molecule has 1 aromatic rings. The monoisotopic (exact) mass is 285 g/mol. The number of amides is 1. The van der Waals surface area contributed by atoms with Crippen molar-refractivity contribution < 1.29 is 9.59 Å².